The highest BCUT2D eigenvalue weighted by atomic mass is 35.5. The maximum Gasteiger partial charge on any atom is 0.249 e. The molecule has 3 heteroatoms. The highest BCUT2D eigenvalue weighted by molar-refractivity contribution is 6.31. The molecule has 0 saturated heterocycles. The van der Waals surface area contributed by atoms with Gasteiger partial charge in [-0.25, -0.2) is 0 Å². The average molecular weight is 246 g/mol. The molecule has 0 heterocycles. The van der Waals surface area contributed by atoms with Crippen molar-refractivity contribution in [2.24, 2.45) is 5.73 Å². The SMILES string of the molecule is NC(=O)c1cccc(Cl)c1Cc1ccccc1. The predicted molar refractivity (Wildman–Crippen MR) is 69.2 cm³/mol. The number of primary amides is 1. The summed E-state index contributed by atoms with van der Waals surface area (Å²) in [5, 5.41) is 0.574. The van der Waals surface area contributed by atoms with Gasteiger partial charge >= 0.3 is 0 Å². The Labute approximate surface area is 105 Å². The van der Waals surface area contributed by atoms with Crippen LogP contribution in [0.3, 0.4) is 0 Å². The topological polar surface area (TPSA) is 43.1 Å². The highest BCUT2D eigenvalue weighted by Gasteiger charge is 2.11. The van der Waals surface area contributed by atoms with E-state index in [0.29, 0.717) is 17.0 Å². The number of amides is 1. The van der Waals surface area contributed by atoms with Gasteiger partial charge in [0.05, 0.1) is 0 Å². The van der Waals surface area contributed by atoms with Crippen molar-refractivity contribution >= 4 is 17.5 Å². The maximum atomic E-state index is 11.3. The van der Waals surface area contributed by atoms with Crippen LogP contribution in [0.4, 0.5) is 0 Å². The van der Waals surface area contributed by atoms with E-state index < -0.39 is 5.91 Å². The monoisotopic (exact) mass is 245 g/mol. The molecule has 2 aromatic carbocycles. The van der Waals surface area contributed by atoms with Gasteiger partial charge in [-0.15, -0.1) is 0 Å². The Bertz CT molecular complexity index is 537. The largest absolute Gasteiger partial charge is 0.366 e. The number of carbonyl (C=O) groups excluding carboxylic acids is 1. The first-order valence-electron chi connectivity index (χ1n) is 5.29. The molecule has 0 fully saturated rings. The summed E-state index contributed by atoms with van der Waals surface area (Å²) in [7, 11) is 0. The van der Waals surface area contributed by atoms with Gasteiger partial charge < -0.3 is 5.73 Å². The van der Waals surface area contributed by atoms with Gasteiger partial charge in [0.15, 0.2) is 0 Å². The number of carbonyl (C=O) groups is 1. The number of rotatable bonds is 3. The number of hydrogen-bond acceptors (Lipinski definition) is 1. The van der Waals surface area contributed by atoms with Crippen LogP contribution in [0.2, 0.25) is 5.02 Å². The molecule has 0 aliphatic heterocycles. The second kappa shape index (κ2) is 5.02. The zero-order valence-electron chi connectivity index (χ0n) is 9.19. The molecule has 0 radical (unpaired) electrons. The Kier molecular flexibility index (Phi) is 3.45. The Balaban J connectivity index is 2.41. The van der Waals surface area contributed by atoms with Gasteiger partial charge in [0.25, 0.3) is 0 Å². The molecular weight excluding hydrogens is 234 g/mol. The second-order valence-electron chi connectivity index (χ2n) is 3.79. The van der Waals surface area contributed by atoms with Crippen LogP contribution in [-0.2, 0) is 6.42 Å². The van der Waals surface area contributed by atoms with Crippen molar-refractivity contribution in [3.05, 3.63) is 70.2 Å². The zero-order valence-corrected chi connectivity index (χ0v) is 9.95. The molecule has 17 heavy (non-hydrogen) atoms. The highest BCUT2D eigenvalue weighted by Crippen LogP contribution is 2.23. The van der Waals surface area contributed by atoms with Gasteiger partial charge in [0.2, 0.25) is 5.91 Å². The van der Waals surface area contributed by atoms with Crippen molar-refractivity contribution in [2.45, 2.75) is 6.42 Å². The van der Waals surface area contributed by atoms with Crippen LogP contribution in [-0.4, -0.2) is 5.91 Å². The number of benzene rings is 2. The van der Waals surface area contributed by atoms with Crippen molar-refractivity contribution < 1.29 is 4.79 Å². The first-order valence-corrected chi connectivity index (χ1v) is 5.67. The smallest absolute Gasteiger partial charge is 0.249 e. The van der Waals surface area contributed by atoms with E-state index in [9.17, 15) is 4.79 Å². The van der Waals surface area contributed by atoms with E-state index in [-0.39, 0.29) is 0 Å². The van der Waals surface area contributed by atoms with Crippen LogP contribution in [0.1, 0.15) is 21.5 Å². The second-order valence-corrected chi connectivity index (χ2v) is 4.20. The third-order valence-corrected chi connectivity index (χ3v) is 2.96. The first kappa shape index (κ1) is 11.7. The van der Waals surface area contributed by atoms with Crippen molar-refractivity contribution in [3.8, 4) is 0 Å². The molecule has 0 saturated carbocycles. The summed E-state index contributed by atoms with van der Waals surface area (Å²) in [6.07, 6.45) is 0.610. The van der Waals surface area contributed by atoms with Crippen LogP contribution in [0.25, 0.3) is 0 Å². The van der Waals surface area contributed by atoms with Gasteiger partial charge in [0, 0.05) is 10.6 Å². The van der Waals surface area contributed by atoms with E-state index in [1.165, 1.54) is 0 Å². The molecule has 86 valence electrons. The van der Waals surface area contributed by atoms with Crippen LogP contribution in [0, 0.1) is 0 Å². The minimum absolute atomic E-state index is 0.446. The van der Waals surface area contributed by atoms with Crippen molar-refractivity contribution in [1.82, 2.24) is 0 Å². The number of nitrogens with two attached hydrogens (primary N) is 1. The van der Waals surface area contributed by atoms with Crippen molar-refractivity contribution in [3.63, 3.8) is 0 Å². The van der Waals surface area contributed by atoms with Crippen molar-refractivity contribution in [2.75, 3.05) is 0 Å². The average Bonchev–Trinajstić information content (AvgIpc) is 2.33. The minimum atomic E-state index is -0.446. The van der Waals surface area contributed by atoms with E-state index >= 15 is 0 Å². The predicted octanol–water partition coefficient (Wildman–Crippen LogP) is 3.03. The third kappa shape index (κ3) is 2.66. The van der Waals surface area contributed by atoms with Gasteiger partial charge in [-0.05, 0) is 29.7 Å². The molecule has 0 aliphatic carbocycles. The molecular formula is C14H12ClNO. The maximum absolute atomic E-state index is 11.3. The number of hydrogen-bond donors (Lipinski definition) is 1. The summed E-state index contributed by atoms with van der Waals surface area (Å²) < 4.78 is 0. The molecule has 2 aromatic rings. The fourth-order valence-corrected chi connectivity index (χ4v) is 2.01. The summed E-state index contributed by atoms with van der Waals surface area (Å²) in [5.74, 6) is -0.446. The molecule has 1 amide bonds. The van der Waals surface area contributed by atoms with Crippen molar-refractivity contribution in [1.29, 1.82) is 0 Å². The lowest BCUT2D eigenvalue weighted by Crippen LogP contribution is -2.14. The van der Waals surface area contributed by atoms with Crippen LogP contribution in [0.5, 0.6) is 0 Å². The Hall–Kier alpha value is -1.80. The van der Waals surface area contributed by atoms with E-state index in [1.807, 2.05) is 30.3 Å². The molecule has 2 nitrogen and oxygen atoms in total. The van der Waals surface area contributed by atoms with Gasteiger partial charge in [0.1, 0.15) is 0 Å². The van der Waals surface area contributed by atoms with E-state index in [1.54, 1.807) is 18.2 Å². The lowest BCUT2D eigenvalue weighted by molar-refractivity contribution is 0.0999. The molecule has 0 unspecified atom stereocenters. The fourth-order valence-electron chi connectivity index (χ4n) is 1.77. The summed E-state index contributed by atoms with van der Waals surface area (Å²) in [6.45, 7) is 0. The summed E-state index contributed by atoms with van der Waals surface area (Å²) in [6, 6.07) is 15.1. The lowest BCUT2D eigenvalue weighted by Gasteiger charge is -2.08. The molecule has 0 bridgehead atoms. The molecule has 2 N–H and O–H groups in total. The van der Waals surface area contributed by atoms with Crippen LogP contribution in [0.15, 0.2) is 48.5 Å². The number of halogens is 1. The van der Waals surface area contributed by atoms with E-state index in [4.69, 9.17) is 17.3 Å². The zero-order chi connectivity index (χ0) is 12.3. The summed E-state index contributed by atoms with van der Waals surface area (Å²) in [5.41, 5.74) is 7.71. The molecule has 0 aromatic heterocycles. The quantitative estimate of drug-likeness (QED) is 0.888. The minimum Gasteiger partial charge on any atom is -0.366 e. The fraction of sp³-hybridized carbons (Fsp3) is 0.0714. The lowest BCUT2D eigenvalue weighted by atomic mass is 9.99. The first-order chi connectivity index (χ1) is 8.18. The standard InChI is InChI=1S/C14H12ClNO/c15-13-8-4-7-11(14(16)17)12(13)9-10-5-2-1-3-6-10/h1-8H,9H2,(H2,16,17). The molecule has 0 atom stereocenters. The van der Waals surface area contributed by atoms with Gasteiger partial charge in [-0.2, -0.15) is 0 Å². The van der Waals surface area contributed by atoms with Gasteiger partial charge in [-0.1, -0.05) is 48.0 Å². The Morgan fingerprint density at radius 2 is 1.76 bits per heavy atom. The molecule has 2 rings (SSSR count). The van der Waals surface area contributed by atoms with E-state index in [0.717, 1.165) is 11.1 Å². The molecule has 0 spiro atoms. The summed E-state index contributed by atoms with van der Waals surface area (Å²) in [4.78, 5) is 11.3. The molecule has 0 aliphatic rings. The normalized spacial score (nSPS) is 10.2. The van der Waals surface area contributed by atoms with Gasteiger partial charge in [-0.3, -0.25) is 4.79 Å². The Morgan fingerprint density at radius 3 is 2.41 bits per heavy atom. The summed E-state index contributed by atoms with van der Waals surface area (Å²) >= 11 is 6.12. The van der Waals surface area contributed by atoms with Crippen LogP contribution >= 0.6 is 11.6 Å². The third-order valence-electron chi connectivity index (χ3n) is 2.61. The Morgan fingerprint density at radius 1 is 1.06 bits per heavy atom. The van der Waals surface area contributed by atoms with E-state index in [2.05, 4.69) is 0 Å². The van der Waals surface area contributed by atoms with Crippen LogP contribution < -0.4 is 5.73 Å².